The third-order valence-electron chi connectivity index (χ3n) is 3.22. The standard InChI is InChI=1S/C13H19NO.ClH/c1-9-6-12(11-4-5-14-8-11)7-10(2)13(9)15-3;/h6-7,11,14H,4-5,8H2,1-3H3;1H. The monoisotopic (exact) mass is 241 g/mol. The highest BCUT2D eigenvalue weighted by Crippen LogP contribution is 2.30. The number of benzene rings is 1. The van der Waals surface area contributed by atoms with Crippen LogP contribution in [0.3, 0.4) is 0 Å². The van der Waals surface area contributed by atoms with Crippen LogP contribution in [-0.2, 0) is 0 Å². The van der Waals surface area contributed by atoms with Crippen molar-refractivity contribution < 1.29 is 4.74 Å². The van der Waals surface area contributed by atoms with Crippen molar-refractivity contribution in [3.8, 4) is 5.75 Å². The second kappa shape index (κ2) is 5.55. The Morgan fingerprint density at radius 3 is 2.31 bits per heavy atom. The van der Waals surface area contributed by atoms with E-state index in [1.54, 1.807) is 7.11 Å². The molecule has 90 valence electrons. The van der Waals surface area contributed by atoms with Gasteiger partial charge in [0.2, 0.25) is 0 Å². The molecule has 1 unspecified atom stereocenters. The highest BCUT2D eigenvalue weighted by molar-refractivity contribution is 5.85. The Labute approximate surface area is 104 Å². The molecule has 3 heteroatoms. The van der Waals surface area contributed by atoms with Crippen LogP contribution < -0.4 is 10.1 Å². The molecule has 1 aromatic rings. The van der Waals surface area contributed by atoms with Gasteiger partial charge in [-0.25, -0.2) is 0 Å². The van der Waals surface area contributed by atoms with Crippen LogP contribution in [0.2, 0.25) is 0 Å². The Balaban J connectivity index is 0.00000128. The molecule has 1 aliphatic heterocycles. The second-order valence-corrected chi connectivity index (χ2v) is 4.38. The summed E-state index contributed by atoms with van der Waals surface area (Å²) in [7, 11) is 1.74. The van der Waals surface area contributed by atoms with Gasteiger partial charge < -0.3 is 10.1 Å². The normalized spacial score (nSPS) is 19.3. The summed E-state index contributed by atoms with van der Waals surface area (Å²) in [6.07, 6.45) is 1.26. The lowest BCUT2D eigenvalue weighted by Gasteiger charge is -2.14. The lowest BCUT2D eigenvalue weighted by Crippen LogP contribution is -2.08. The molecule has 0 amide bonds. The topological polar surface area (TPSA) is 21.3 Å². The van der Waals surface area contributed by atoms with E-state index < -0.39 is 0 Å². The molecule has 16 heavy (non-hydrogen) atoms. The van der Waals surface area contributed by atoms with Crippen molar-refractivity contribution in [3.05, 3.63) is 28.8 Å². The molecule has 0 radical (unpaired) electrons. The molecule has 0 aliphatic carbocycles. The Morgan fingerprint density at radius 1 is 1.25 bits per heavy atom. The van der Waals surface area contributed by atoms with E-state index in [-0.39, 0.29) is 12.4 Å². The zero-order valence-corrected chi connectivity index (χ0v) is 11.0. The quantitative estimate of drug-likeness (QED) is 0.860. The van der Waals surface area contributed by atoms with Crippen LogP contribution in [0, 0.1) is 13.8 Å². The SMILES string of the molecule is COc1c(C)cc(C2CCNC2)cc1C.Cl. The number of hydrogen-bond acceptors (Lipinski definition) is 2. The minimum absolute atomic E-state index is 0. The van der Waals surface area contributed by atoms with Crippen LogP contribution in [0.15, 0.2) is 12.1 Å². The number of halogens is 1. The molecule has 1 saturated heterocycles. The minimum atomic E-state index is 0. The molecule has 1 heterocycles. The van der Waals surface area contributed by atoms with Crippen LogP contribution in [0.5, 0.6) is 5.75 Å². The largest absolute Gasteiger partial charge is 0.496 e. The van der Waals surface area contributed by atoms with Gasteiger partial charge in [-0.2, -0.15) is 0 Å². The fraction of sp³-hybridized carbons (Fsp3) is 0.538. The molecule has 0 aromatic heterocycles. The van der Waals surface area contributed by atoms with Gasteiger partial charge in [-0.15, -0.1) is 12.4 Å². The van der Waals surface area contributed by atoms with Crippen LogP contribution >= 0.6 is 12.4 Å². The Hall–Kier alpha value is -0.730. The molecule has 1 atom stereocenters. The van der Waals surface area contributed by atoms with Gasteiger partial charge in [0.15, 0.2) is 0 Å². The molecule has 1 aromatic carbocycles. The van der Waals surface area contributed by atoms with Crippen molar-refractivity contribution >= 4 is 12.4 Å². The Kier molecular flexibility index (Phi) is 4.63. The van der Waals surface area contributed by atoms with Crippen LogP contribution in [0.25, 0.3) is 0 Å². The number of ether oxygens (including phenoxy) is 1. The van der Waals surface area contributed by atoms with Gasteiger partial charge >= 0.3 is 0 Å². The molecular formula is C13H20ClNO. The smallest absolute Gasteiger partial charge is 0.124 e. The van der Waals surface area contributed by atoms with Gasteiger partial charge in [-0.05, 0) is 49.4 Å². The van der Waals surface area contributed by atoms with Crippen molar-refractivity contribution in [1.29, 1.82) is 0 Å². The van der Waals surface area contributed by atoms with Gasteiger partial charge in [0.1, 0.15) is 5.75 Å². The zero-order chi connectivity index (χ0) is 10.8. The zero-order valence-electron chi connectivity index (χ0n) is 10.2. The van der Waals surface area contributed by atoms with Gasteiger partial charge in [0.05, 0.1) is 7.11 Å². The third-order valence-corrected chi connectivity index (χ3v) is 3.22. The summed E-state index contributed by atoms with van der Waals surface area (Å²) in [6, 6.07) is 4.53. The first-order chi connectivity index (χ1) is 7.22. The van der Waals surface area contributed by atoms with Crippen molar-refractivity contribution in [2.75, 3.05) is 20.2 Å². The number of rotatable bonds is 2. The van der Waals surface area contributed by atoms with E-state index in [2.05, 4.69) is 31.3 Å². The van der Waals surface area contributed by atoms with Crippen molar-refractivity contribution in [2.24, 2.45) is 0 Å². The predicted molar refractivity (Wildman–Crippen MR) is 69.9 cm³/mol. The summed E-state index contributed by atoms with van der Waals surface area (Å²) < 4.78 is 5.38. The van der Waals surface area contributed by atoms with Crippen molar-refractivity contribution in [3.63, 3.8) is 0 Å². The summed E-state index contributed by atoms with van der Waals surface area (Å²) in [5.41, 5.74) is 3.95. The number of nitrogens with one attached hydrogen (secondary N) is 1. The fourth-order valence-corrected chi connectivity index (χ4v) is 2.48. The van der Waals surface area contributed by atoms with E-state index in [9.17, 15) is 0 Å². The summed E-state index contributed by atoms with van der Waals surface area (Å²) in [6.45, 7) is 6.51. The Morgan fingerprint density at radius 2 is 1.88 bits per heavy atom. The van der Waals surface area contributed by atoms with E-state index in [0.717, 1.165) is 18.8 Å². The molecule has 2 rings (SSSR count). The summed E-state index contributed by atoms with van der Waals surface area (Å²) >= 11 is 0. The van der Waals surface area contributed by atoms with Crippen LogP contribution in [-0.4, -0.2) is 20.2 Å². The average molecular weight is 242 g/mol. The first-order valence-corrected chi connectivity index (χ1v) is 5.58. The maximum Gasteiger partial charge on any atom is 0.124 e. The molecule has 0 spiro atoms. The van der Waals surface area contributed by atoms with E-state index in [4.69, 9.17) is 4.74 Å². The lowest BCUT2D eigenvalue weighted by atomic mass is 9.94. The van der Waals surface area contributed by atoms with Crippen molar-refractivity contribution in [2.45, 2.75) is 26.2 Å². The summed E-state index contributed by atoms with van der Waals surface area (Å²) in [5.74, 6) is 1.72. The van der Waals surface area contributed by atoms with Crippen LogP contribution in [0.1, 0.15) is 29.0 Å². The molecule has 1 fully saturated rings. The predicted octanol–water partition coefficient (Wildman–Crippen LogP) is 2.81. The van der Waals surface area contributed by atoms with E-state index in [1.165, 1.54) is 23.1 Å². The number of hydrogen-bond donors (Lipinski definition) is 1. The molecule has 0 saturated carbocycles. The summed E-state index contributed by atoms with van der Waals surface area (Å²) in [5, 5.41) is 3.41. The van der Waals surface area contributed by atoms with Gasteiger partial charge in [0, 0.05) is 6.54 Å². The number of methoxy groups -OCH3 is 1. The third kappa shape index (κ3) is 2.50. The lowest BCUT2D eigenvalue weighted by molar-refractivity contribution is 0.408. The van der Waals surface area contributed by atoms with Gasteiger partial charge in [-0.1, -0.05) is 12.1 Å². The van der Waals surface area contributed by atoms with Crippen LogP contribution in [0.4, 0.5) is 0 Å². The fourth-order valence-electron chi connectivity index (χ4n) is 2.48. The maximum absolute atomic E-state index is 5.38. The molecule has 1 aliphatic rings. The molecule has 2 nitrogen and oxygen atoms in total. The van der Waals surface area contributed by atoms with Gasteiger partial charge in [-0.3, -0.25) is 0 Å². The first-order valence-electron chi connectivity index (χ1n) is 5.58. The van der Waals surface area contributed by atoms with Crippen molar-refractivity contribution in [1.82, 2.24) is 5.32 Å². The minimum Gasteiger partial charge on any atom is -0.496 e. The second-order valence-electron chi connectivity index (χ2n) is 4.38. The molecule has 0 bridgehead atoms. The van der Waals surface area contributed by atoms with Gasteiger partial charge in [0.25, 0.3) is 0 Å². The Bertz CT molecular complexity index is 336. The summed E-state index contributed by atoms with van der Waals surface area (Å²) in [4.78, 5) is 0. The first kappa shape index (κ1) is 13.3. The van der Waals surface area contributed by atoms with E-state index in [1.807, 2.05) is 0 Å². The molecular weight excluding hydrogens is 222 g/mol. The molecule has 1 N–H and O–H groups in total. The maximum atomic E-state index is 5.38. The highest BCUT2D eigenvalue weighted by atomic mass is 35.5. The highest BCUT2D eigenvalue weighted by Gasteiger charge is 2.18. The van der Waals surface area contributed by atoms with E-state index >= 15 is 0 Å². The average Bonchev–Trinajstić information content (AvgIpc) is 2.69. The number of aryl methyl sites for hydroxylation is 2. The van der Waals surface area contributed by atoms with E-state index in [0.29, 0.717) is 5.92 Å².